The predicted molar refractivity (Wildman–Crippen MR) is 119 cm³/mol. The minimum Gasteiger partial charge on any atom is -0.472 e. The molecule has 1 aliphatic heterocycles. The molecule has 0 radical (unpaired) electrons. The van der Waals surface area contributed by atoms with Crippen molar-refractivity contribution in [3.05, 3.63) is 42.1 Å². The zero-order valence-corrected chi connectivity index (χ0v) is 19.7. The van der Waals surface area contributed by atoms with E-state index in [2.05, 4.69) is 40.4 Å². The molecular formula is C22H30N4O4S. The Labute approximate surface area is 184 Å². The molecule has 2 aromatic heterocycles. The van der Waals surface area contributed by atoms with Crippen molar-refractivity contribution in [2.24, 2.45) is 5.92 Å². The lowest BCUT2D eigenvalue weighted by atomic mass is 9.90. The van der Waals surface area contributed by atoms with Gasteiger partial charge in [-0.25, -0.2) is 9.71 Å². The van der Waals surface area contributed by atoms with Crippen molar-refractivity contribution in [2.75, 3.05) is 11.4 Å². The highest BCUT2D eigenvalue weighted by molar-refractivity contribution is 7.90. The molecule has 168 valence electrons. The Hall–Kier alpha value is -2.68. The van der Waals surface area contributed by atoms with E-state index in [1.807, 2.05) is 20.8 Å². The van der Waals surface area contributed by atoms with E-state index in [1.54, 1.807) is 24.4 Å². The van der Waals surface area contributed by atoms with Gasteiger partial charge in [-0.15, -0.1) is 0 Å². The second-order valence-corrected chi connectivity index (χ2v) is 11.0. The molecule has 0 aromatic carbocycles. The molecule has 9 heteroatoms. The Morgan fingerprint density at radius 2 is 1.94 bits per heavy atom. The highest BCUT2D eigenvalue weighted by Crippen LogP contribution is 2.38. The van der Waals surface area contributed by atoms with Crippen molar-refractivity contribution in [2.45, 2.75) is 64.1 Å². The summed E-state index contributed by atoms with van der Waals surface area (Å²) in [5.41, 5.74) is -0.541. The molecule has 0 aliphatic carbocycles. The van der Waals surface area contributed by atoms with E-state index in [1.165, 1.54) is 12.1 Å². The standard InChI is InChI=1S/C22H30N4O4S/c1-15-12-14-26(22(15,5)6)19-16(9-8-13-23-19)20(27)25-31(28,29)18-11-7-10-17(24-18)30-21(2,3)4/h7-11,13,15H,12,14H2,1-6H3,(H,25,27). The van der Waals surface area contributed by atoms with Gasteiger partial charge in [0.05, 0.1) is 5.56 Å². The number of hydrogen-bond donors (Lipinski definition) is 1. The van der Waals surface area contributed by atoms with Gasteiger partial charge in [0.25, 0.3) is 15.9 Å². The summed E-state index contributed by atoms with van der Waals surface area (Å²) in [5, 5.41) is -0.289. The van der Waals surface area contributed by atoms with Crippen molar-refractivity contribution >= 4 is 21.7 Å². The van der Waals surface area contributed by atoms with Gasteiger partial charge in [-0.3, -0.25) is 4.79 Å². The Morgan fingerprint density at radius 1 is 1.23 bits per heavy atom. The summed E-state index contributed by atoms with van der Waals surface area (Å²) in [6, 6.07) is 7.62. The average molecular weight is 447 g/mol. The number of carbonyl (C=O) groups is 1. The highest BCUT2D eigenvalue weighted by Gasteiger charge is 2.40. The van der Waals surface area contributed by atoms with Crippen LogP contribution in [0.15, 0.2) is 41.6 Å². The van der Waals surface area contributed by atoms with Crippen LogP contribution in [0.5, 0.6) is 5.88 Å². The quantitative estimate of drug-likeness (QED) is 0.751. The molecule has 1 saturated heterocycles. The van der Waals surface area contributed by atoms with E-state index in [0.717, 1.165) is 13.0 Å². The number of aromatic nitrogens is 2. The summed E-state index contributed by atoms with van der Waals surface area (Å²) in [5.74, 6) is 0.298. The first-order valence-corrected chi connectivity index (χ1v) is 11.8. The fourth-order valence-electron chi connectivity index (χ4n) is 3.54. The third-order valence-corrected chi connectivity index (χ3v) is 6.82. The number of carbonyl (C=O) groups excluding carboxylic acids is 1. The summed E-state index contributed by atoms with van der Waals surface area (Å²) < 4.78 is 33.5. The van der Waals surface area contributed by atoms with Gasteiger partial charge in [-0.05, 0) is 65.2 Å². The number of nitrogens with one attached hydrogen (secondary N) is 1. The van der Waals surface area contributed by atoms with E-state index < -0.39 is 21.5 Å². The fourth-order valence-corrected chi connectivity index (χ4v) is 4.47. The number of pyridine rings is 2. The van der Waals surface area contributed by atoms with E-state index in [0.29, 0.717) is 11.7 Å². The molecular weight excluding hydrogens is 416 g/mol. The van der Waals surface area contributed by atoms with Crippen LogP contribution in [0.4, 0.5) is 5.82 Å². The monoisotopic (exact) mass is 446 g/mol. The molecule has 0 spiro atoms. The number of ether oxygens (including phenoxy) is 1. The third-order valence-electron chi connectivity index (χ3n) is 5.59. The average Bonchev–Trinajstić information content (AvgIpc) is 2.93. The summed E-state index contributed by atoms with van der Waals surface area (Å²) in [7, 11) is -4.20. The first-order chi connectivity index (χ1) is 14.3. The molecule has 1 unspecified atom stereocenters. The van der Waals surface area contributed by atoms with E-state index in [9.17, 15) is 13.2 Å². The molecule has 1 amide bonds. The van der Waals surface area contributed by atoms with Crippen LogP contribution in [0.2, 0.25) is 0 Å². The Kier molecular flexibility index (Phi) is 6.01. The van der Waals surface area contributed by atoms with Gasteiger partial charge in [0.2, 0.25) is 5.88 Å². The second kappa shape index (κ2) is 8.11. The number of anilines is 1. The smallest absolute Gasteiger partial charge is 0.281 e. The van der Waals surface area contributed by atoms with Gasteiger partial charge < -0.3 is 9.64 Å². The van der Waals surface area contributed by atoms with Crippen LogP contribution in [-0.4, -0.2) is 42.0 Å². The van der Waals surface area contributed by atoms with Crippen molar-refractivity contribution in [3.8, 4) is 5.88 Å². The lowest BCUT2D eigenvalue weighted by Gasteiger charge is -2.36. The van der Waals surface area contributed by atoms with Crippen molar-refractivity contribution < 1.29 is 17.9 Å². The van der Waals surface area contributed by atoms with Gasteiger partial charge in [-0.1, -0.05) is 13.0 Å². The normalized spacial score (nSPS) is 18.6. The number of hydrogen-bond acceptors (Lipinski definition) is 7. The first kappa shape index (κ1) is 23.0. The summed E-state index contributed by atoms with van der Waals surface area (Å²) in [6.07, 6.45) is 2.57. The molecule has 2 aromatic rings. The number of nitrogens with zero attached hydrogens (tertiary/aromatic N) is 3. The Morgan fingerprint density at radius 3 is 2.55 bits per heavy atom. The second-order valence-electron chi connectivity index (χ2n) is 9.33. The molecule has 3 heterocycles. The Bertz CT molecular complexity index is 1080. The molecule has 1 fully saturated rings. The molecule has 3 rings (SSSR count). The summed E-state index contributed by atoms with van der Waals surface area (Å²) in [4.78, 5) is 23.5. The maximum atomic E-state index is 13.0. The summed E-state index contributed by atoms with van der Waals surface area (Å²) >= 11 is 0. The maximum absolute atomic E-state index is 13.0. The molecule has 8 nitrogen and oxygen atoms in total. The van der Waals surface area contributed by atoms with Crippen LogP contribution >= 0.6 is 0 Å². The number of rotatable bonds is 5. The lowest BCUT2D eigenvalue weighted by molar-refractivity contribution is 0.0980. The zero-order valence-electron chi connectivity index (χ0n) is 18.8. The fraction of sp³-hybridized carbons (Fsp3) is 0.500. The van der Waals surface area contributed by atoms with E-state index in [4.69, 9.17) is 4.74 Å². The van der Waals surface area contributed by atoms with Gasteiger partial charge in [0.15, 0.2) is 5.03 Å². The van der Waals surface area contributed by atoms with Gasteiger partial charge in [0, 0.05) is 24.3 Å². The van der Waals surface area contributed by atoms with Crippen molar-refractivity contribution in [1.29, 1.82) is 0 Å². The van der Waals surface area contributed by atoms with Crippen LogP contribution in [0.25, 0.3) is 0 Å². The number of sulfonamides is 1. The SMILES string of the molecule is CC1CCN(c2ncccc2C(=O)NS(=O)(=O)c2cccc(OC(C)(C)C)n2)C1(C)C. The molecule has 1 atom stereocenters. The highest BCUT2D eigenvalue weighted by atomic mass is 32.2. The van der Waals surface area contributed by atoms with Crippen LogP contribution in [0.3, 0.4) is 0 Å². The van der Waals surface area contributed by atoms with Gasteiger partial charge in [-0.2, -0.15) is 13.4 Å². The van der Waals surface area contributed by atoms with E-state index >= 15 is 0 Å². The van der Waals surface area contributed by atoms with E-state index in [-0.39, 0.29) is 22.0 Å². The zero-order chi connectivity index (χ0) is 23.0. The molecule has 0 saturated carbocycles. The lowest BCUT2D eigenvalue weighted by Crippen LogP contribution is -2.43. The predicted octanol–water partition coefficient (Wildman–Crippen LogP) is 3.40. The minimum absolute atomic E-state index is 0.165. The summed E-state index contributed by atoms with van der Waals surface area (Å²) in [6.45, 7) is 12.6. The van der Waals surface area contributed by atoms with Crippen molar-refractivity contribution in [1.82, 2.24) is 14.7 Å². The van der Waals surface area contributed by atoms with Crippen molar-refractivity contribution in [3.63, 3.8) is 0 Å². The molecule has 0 bridgehead atoms. The van der Waals surface area contributed by atoms with Gasteiger partial charge in [0.1, 0.15) is 11.4 Å². The van der Waals surface area contributed by atoms with Crippen LogP contribution < -0.4 is 14.4 Å². The molecule has 1 aliphatic rings. The van der Waals surface area contributed by atoms with Crippen LogP contribution in [-0.2, 0) is 10.0 Å². The van der Waals surface area contributed by atoms with Gasteiger partial charge >= 0.3 is 0 Å². The topological polar surface area (TPSA) is 101 Å². The first-order valence-electron chi connectivity index (χ1n) is 10.3. The molecule has 31 heavy (non-hydrogen) atoms. The van der Waals surface area contributed by atoms with Crippen LogP contribution in [0.1, 0.15) is 58.3 Å². The largest absolute Gasteiger partial charge is 0.472 e. The maximum Gasteiger partial charge on any atom is 0.281 e. The van der Waals surface area contributed by atoms with Crippen LogP contribution in [0, 0.1) is 5.92 Å². The molecule has 1 N–H and O–H groups in total. The third kappa shape index (κ3) is 4.98. The Balaban J connectivity index is 1.88. The minimum atomic E-state index is -4.20. The number of amides is 1.